The normalized spacial score (nSPS) is 14.9. The van der Waals surface area contributed by atoms with E-state index in [0.29, 0.717) is 17.6 Å². The minimum absolute atomic E-state index is 0.317. The van der Waals surface area contributed by atoms with E-state index in [1.54, 1.807) is 0 Å². The number of ether oxygens (including phenoxy) is 1. The van der Waals surface area contributed by atoms with Crippen molar-refractivity contribution in [1.82, 2.24) is 9.97 Å². The van der Waals surface area contributed by atoms with Crippen molar-refractivity contribution >= 4 is 11.6 Å². The number of rotatable bonds is 4. The first-order valence-electron chi connectivity index (χ1n) is 4.43. The van der Waals surface area contributed by atoms with E-state index in [0.717, 1.165) is 6.42 Å². The smallest absolute Gasteiger partial charge is 0.233 e. The molecule has 1 rings (SSSR count). The Bertz CT molecular complexity index is 304. The van der Waals surface area contributed by atoms with Gasteiger partial charge in [-0.25, -0.2) is 0 Å². The highest BCUT2D eigenvalue weighted by molar-refractivity contribution is 6.29. The van der Waals surface area contributed by atoms with E-state index in [-0.39, 0.29) is 5.54 Å². The van der Waals surface area contributed by atoms with Crippen LogP contribution in [0.25, 0.3) is 0 Å². The summed E-state index contributed by atoms with van der Waals surface area (Å²) in [5.41, 5.74) is 5.55. The molecule has 0 amide bonds. The van der Waals surface area contributed by atoms with Crippen LogP contribution in [-0.2, 0) is 0 Å². The number of nitrogens with zero attached hydrogens (tertiary/aromatic N) is 2. The topological polar surface area (TPSA) is 61.0 Å². The molecule has 1 aromatic rings. The van der Waals surface area contributed by atoms with E-state index in [1.165, 1.54) is 12.4 Å². The average molecular weight is 216 g/mol. The minimum atomic E-state index is -0.343. The molecule has 78 valence electrons. The Hall–Kier alpha value is -0.870. The maximum atomic E-state index is 5.90. The molecule has 0 aromatic carbocycles. The molecule has 14 heavy (non-hydrogen) atoms. The van der Waals surface area contributed by atoms with Gasteiger partial charge in [0, 0.05) is 5.54 Å². The SMILES string of the molecule is CCC(C)(N)COc1cncc(Cl)n1. The Morgan fingerprint density at radius 1 is 1.57 bits per heavy atom. The second-order valence-electron chi connectivity index (χ2n) is 3.48. The second kappa shape index (κ2) is 4.57. The van der Waals surface area contributed by atoms with Crippen molar-refractivity contribution in [3.05, 3.63) is 17.5 Å². The van der Waals surface area contributed by atoms with Crippen molar-refractivity contribution in [3.8, 4) is 5.88 Å². The van der Waals surface area contributed by atoms with Crippen LogP contribution in [0.3, 0.4) is 0 Å². The number of nitrogens with two attached hydrogens (primary N) is 1. The molecule has 0 saturated heterocycles. The Kier molecular flexibility index (Phi) is 3.66. The highest BCUT2D eigenvalue weighted by atomic mass is 35.5. The molecular weight excluding hydrogens is 202 g/mol. The Balaban J connectivity index is 2.54. The lowest BCUT2D eigenvalue weighted by molar-refractivity contribution is 0.218. The van der Waals surface area contributed by atoms with Gasteiger partial charge in [-0.15, -0.1) is 0 Å². The number of hydrogen-bond acceptors (Lipinski definition) is 4. The highest BCUT2D eigenvalue weighted by Gasteiger charge is 2.16. The Labute approximate surface area is 88.5 Å². The molecule has 0 aliphatic carbocycles. The van der Waals surface area contributed by atoms with Crippen LogP contribution in [0.2, 0.25) is 5.15 Å². The molecule has 0 aliphatic heterocycles. The third-order valence-electron chi connectivity index (χ3n) is 1.94. The van der Waals surface area contributed by atoms with E-state index in [9.17, 15) is 0 Å². The zero-order valence-corrected chi connectivity index (χ0v) is 9.08. The molecule has 1 unspecified atom stereocenters. The van der Waals surface area contributed by atoms with Gasteiger partial charge in [0.05, 0.1) is 12.4 Å². The predicted octanol–water partition coefficient (Wildman–Crippen LogP) is 1.64. The fraction of sp³-hybridized carbons (Fsp3) is 0.556. The van der Waals surface area contributed by atoms with Gasteiger partial charge in [0.25, 0.3) is 0 Å². The molecular formula is C9H14ClN3O. The largest absolute Gasteiger partial charge is 0.475 e. The Morgan fingerprint density at radius 3 is 2.86 bits per heavy atom. The third kappa shape index (κ3) is 3.47. The van der Waals surface area contributed by atoms with Crippen molar-refractivity contribution in [1.29, 1.82) is 0 Å². The van der Waals surface area contributed by atoms with Gasteiger partial charge >= 0.3 is 0 Å². The molecule has 1 atom stereocenters. The van der Waals surface area contributed by atoms with Crippen LogP contribution < -0.4 is 10.5 Å². The fourth-order valence-electron chi connectivity index (χ4n) is 0.736. The molecule has 0 radical (unpaired) electrons. The van der Waals surface area contributed by atoms with Gasteiger partial charge in [-0.1, -0.05) is 18.5 Å². The summed E-state index contributed by atoms with van der Waals surface area (Å²) in [6, 6.07) is 0. The first kappa shape index (κ1) is 11.2. The number of halogens is 1. The number of hydrogen-bond donors (Lipinski definition) is 1. The molecule has 0 saturated carbocycles. The van der Waals surface area contributed by atoms with E-state index < -0.39 is 0 Å². The summed E-state index contributed by atoms with van der Waals surface area (Å²) in [6.07, 6.45) is 3.80. The second-order valence-corrected chi connectivity index (χ2v) is 3.86. The fourth-order valence-corrected chi connectivity index (χ4v) is 0.876. The molecule has 0 fully saturated rings. The molecule has 0 aliphatic rings. The van der Waals surface area contributed by atoms with Crippen molar-refractivity contribution in [3.63, 3.8) is 0 Å². The summed E-state index contributed by atoms with van der Waals surface area (Å²) in [7, 11) is 0. The zero-order chi connectivity index (χ0) is 10.6. The molecule has 0 spiro atoms. The summed E-state index contributed by atoms with van der Waals surface area (Å²) in [6.45, 7) is 4.33. The summed E-state index contributed by atoms with van der Waals surface area (Å²) in [5.74, 6) is 0.405. The van der Waals surface area contributed by atoms with E-state index >= 15 is 0 Å². The van der Waals surface area contributed by atoms with Crippen LogP contribution in [0.4, 0.5) is 0 Å². The van der Waals surface area contributed by atoms with Crippen molar-refractivity contribution in [2.45, 2.75) is 25.8 Å². The van der Waals surface area contributed by atoms with Crippen LogP contribution >= 0.6 is 11.6 Å². The molecule has 1 aromatic heterocycles. The lowest BCUT2D eigenvalue weighted by Crippen LogP contribution is -2.41. The van der Waals surface area contributed by atoms with E-state index in [2.05, 4.69) is 9.97 Å². The maximum Gasteiger partial charge on any atom is 0.233 e. The van der Waals surface area contributed by atoms with Gasteiger partial charge in [-0.2, -0.15) is 4.98 Å². The lowest BCUT2D eigenvalue weighted by Gasteiger charge is -2.22. The predicted molar refractivity (Wildman–Crippen MR) is 55.4 cm³/mol. The summed E-state index contributed by atoms with van der Waals surface area (Å²) < 4.78 is 5.36. The minimum Gasteiger partial charge on any atom is -0.475 e. The first-order valence-corrected chi connectivity index (χ1v) is 4.80. The summed E-state index contributed by atoms with van der Waals surface area (Å²) in [4.78, 5) is 7.79. The van der Waals surface area contributed by atoms with E-state index in [4.69, 9.17) is 22.1 Å². The lowest BCUT2D eigenvalue weighted by atomic mass is 10.0. The van der Waals surface area contributed by atoms with Crippen molar-refractivity contribution in [2.24, 2.45) is 5.73 Å². The van der Waals surface area contributed by atoms with Crippen LogP contribution in [0.1, 0.15) is 20.3 Å². The van der Waals surface area contributed by atoms with Crippen molar-refractivity contribution in [2.75, 3.05) is 6.61 Å². The van der Waals surface area contributed by atoms with E-state index in [1.807, 2.05) is 13.8 Å². The van der Waals surface area contributed by atoms with Gasteiger partial charge in [0.1, 0.15) is 6.61 Å². The maximum absolute atomic E-state index is 5.90. The Morgan fingerprint density at radius 2 is 2.29 bits per heavy atom. The quantitative estimate of drug-likeness (QED) is 0.830. The van der Waals surface area contributed by atoms with Gasteiger partial charge in [0.2, 0.25) is 5.88 Å². The van der Waals surface area contributed by atoms with Crippen LogP contribution in [0.15, 0.2) is 12.4 Å². The van der Waals surface area contributed by atoms with Gasteiger partial charge in [0.15, 0.2) is 5.15 Å². The highest BCUT2D eigenvalue weighted by Crippen LogP contribution is 2.12. The molecule has 5 heteroatoms. The van der Waals surface area contributed by atoms with Crippen LogP contribution in [-0.4, -0.2) is 22.1 Å². The zero-order valence-electron chi connectivity index (χ0n) is 8.33. The average Bonchev–Trinajstić information content (AvgIpc) is 2.15. The first-order chi connectivity index (χ1) is 6.53. The van der Waals surface area contributed by atoms with Crippen LogP contribution in [0, 0.1) is 0 Å². The molecule has 1 heterocycles. The monoisotopic (exact) mass is 215 g/mol. The molecule has 0 bridgehead atoms. The van der Waals surface area contributed by atoms with Gasteiger partial charge in [-0.3, -0.25) is 4.98 Å². The third-order valence-corrected chi connectivity index (χ3v) is 2.12. The van der Waals surface area contributed by atoms with Gasteiger partial charge in [-0.05, 0) is 13.3 Å². The van der Waals surface area contributed by atoms with Crippen LogP contribution in [0.5, 0.6) is 5.88 Å². The summed E-state index contributed by atoms with van der Waals surface area (Å²) in [5, 5.41) is 0.317. The standard InChI is InChI=1S/C9H14ClN3O/c1-3-9(2,11)6-14-8-5-12-4-7(10)13-8/h4-5H,3,6,11H2,1-2H3. The van der Waals surface area contributed by atoms with Crippen molar-refractivity contribution < 1.29 is 4.74 Å². The summed E-state index contributed by atoms with van der Waals surface area (Å²) >= 11 is 5.64. The van der Waals surface area contributed by atoms with Gasteiger partial charge < -0.3 is 10.5 Å². The molecule has 4 nitrogen and oxygen atoms in total. The number of aromatic nitrogens is 2. The molecule has 2 N–H and O–H groups in total.